The SMILES string of the molecule is O=C(C1CC1)N1CC=C(c2cnc3[nH]cc(-c4ccc5ncn(CC(F)(F)F)c5c4)c3n2)C1. The van der Waals surface area contributed by atoms with Crippen molar-refractivity contribution in [1.82, 2.24) is 29.4 Å². The van der Waals surface area contributed by atoms with E-state index in [1.165, 1.54) is 6.33 Å². The fourth-order valence-corrected chi connectivity index (χ4v) is 4.31. The molecule has 1 amide bonds. The van der Waals surface area contributed by atoms with Crippen LogP contribution in [-0.2, 0) is 11.3 Å². The third-order valence-corrected chi connectivity index (χ3v) is 6.15. The van der Waals surface area contributed by atoms with E-state index in [2.05, 4.69) is 15.0 Å². The van der Waals surface area contributed by atoms with Crippen LogP contribution in [0.4, 0.5) is 13.2 Å². The van der Waals surface area contributed by atoms with Gasteiger partial charge >= 0.3 is 6.18 Å². The van der Waals surface area contributed by atoms with Crippen LogP contribution >= 0.6 is 0 Å². The number of aromatic amines is 1. The molecule has 0 radical (unpaired) electrons. The minimum Gasteiger partial charge on any atom is -0.344 e. The quantitative estimate of drug-likeness (QED) is 0.504. The van der Waals surface area contributed by atoms with Crippen LogP contribution in [0.3, 0.4) is 0 Å². The summed E-state index contributed by atoms with van der Waals surface area (Å²) in [5, 5.41) is 0. The van der Waals surface area contributed by atoms with Gasteiger partial charge in [0, 0.05) is 30.8 Å². The molecule has 3 aromatic heterocycles. The highest BCUT2D eigenvalue weighted by Gasteiger charge is 2.35. The Kier molecular flexibility index (Phi) is 4.33. The van der Waals surface area contributed by atoms with Crippen LogP contribution in [-0.4, -0.2) is 54.6 Å². The van der Waals surface area contributed by atoms with Gasteiger partial charge in [0.25, 0.3) is 0 Å². The van der Waals surface area contributed by atoms with E-state index in [1.807, 2.05) is 17.0 Å². The van der Waals surface area contributed by atoms with Crippen LogP contribution in [0, 0.1) is 5.92 Å². The van der Waals surface area contributed by atoms with Crippen molar-refractivity contribution >= 4 is 33.7 Å². The van der Waals surface area contributed by atoms with E-state index < -0.39 is 12.7 Å². The monoisotopic (exact) mass is 452 g/mol. The largest absolute Gasteiger partial charge is 0.406 e. The molecule has 1 aliphatic carbocycles. The maximum Gasteiger partial charge on any atom is 0.406 e. The first-order valence-corrected chi connectivity index (χ1v) is 10.7. The Morgan fingerprint density at radius 3 is 2.85 bits per heavy atom. The molecule has 1 N–H and O–H groups in total. The molecule has 4 aromatic rings. The number of H-pyrrole nitrogens is 1. The number of carbonyl (C=O) groups is 1. The Labute approximate surface area is 186 Å². The molecule has 1 aromatic carbocycles. The second-order valence-corrected chi connectivity index (χ2v) is 8.57. The van der Waals surface area contributed by atoms with E-state index >= 15 is 0 Å². The average molecular weight is 452 g/mol. The number of aromatic nitrogens is 5. The zero-order valence-electron chi connectivity index (χ0n) is 17.4. The summed E-state index contributed by atoms with van der Waals surface area (Å²) in [6.07, 6.45) is 4.24. The summed E-state index contributed by atoms with van der Waals surface area (Å²) >= 11 is 0. The van der Waals surface area contributed by atoms with E-state index in [0.717, 1.165) is 34.1 Å². The standard InChI is InChI=1S/C23H19F3N6O/c24-23(25,26)11-32-12-29-17-4-3-14(7-19(17)32)16-8-27-21-20(16)30-18(9-28-21)15-5-6-31(10-15)22(33)13-1-2-13/h3-5,7-9,12-13H,1-2,6,10-11H2,(H,27,28). The van der Waals surface area contributed by atoms with Gasteiger partial charge in [-0.05, 0) is 36.1 Å². The number of carbonyl (C=O) groups excluding carboxylic acids is 1. The third kappa shape index (κ3) is 3.65. The summed E-state index contributed by atoms with van der Waals surface area (Å²) in [7, 11) is 0. The predicted octanol–water partition coefficient (Wildman–Crippen LogP) is 4.17. The number of alkyl halides is 3. The van der Waals surface area contributed by atoms with Gasteiger partial charge in [0.05, 0.1) is 29.3 Å². The first kappa shape index (κ1) is 20.0. The number of nitrogens with zero attached hydrogens (tertiary/aromatic N) is 5. The number of imidazole rings is 1. The molecule has 6 rings (SSSR count). The Hall–Kier alpha value is -3.69. The van der Waals surface area contributed by atoms with Gasteiger partial charge in [-0.25, -0.2) is 15.0 Å². The van der Waals surface area contributed by atoms with E-state index in [0.29, 0.717) is 41.0 Å². The van der Waals surface area contributed by atoms with E-state index in [9.17, 15) is 18.0 Å². The van der Waals surface area contributed by atoms with Crippen molar-refractivity contribution in [2.45, 2.75) is 25.6 Å². The lowest BCUT2D eigenvalue weighted by Gasteiger charge is -2.15. The average Bonchev–Trinajstić information content (AvgIpc) is 3.18. The van der Waals surface area contributed by atoms with Crippen molar-refractivity contribution in [2.24, 2.45) is 5.92 Å². The van der Waals surface area contributed by atoms with Crippen LogP contribution in [0.25, 0.3) is 38.9 Å². The number of hydrogen-bond acceptors (Lipinski definition) is 4. The second-order valence-electron chi connectivity index (χ2n) is 8.57. The fraction of sp³-hybridized carbons (Fsp3) is 0.304. The molecule has 1 fully saturated rings. The van der Waals surface area contributed by atoms with Gasteiger partial charge in [-0.2, -0.15) is 13.2 Å². The van der Waals surface area contributed by atoms with Crippen LogP contribution in [0.15, 0.2) is 43.0 Å². The summed E-state index contributed by atoms with van der Waals surface area (Å²) in [6, 6.07) is 5.21. The van der Waals surface area contributed by atoms with Crippen LogP contribution in [0.1, 0.15) is 18.5 Å². The van der Waals surface area contributed by atoms with Crippen LogP contribution < -0.4 is 0 Å². The van der Waals surface area contributed by atoms with Gasteiger partial charge in [-0.15, -0.1) is 0 Å². The van der Waals surface area contributed by atoms with Gasteiger partial charge in [0.2, 0.25) is 5.91 Å². The van der Waals surface area contributed by atoms with Gasteiger partial charge in [0.1, 0.15) is 12.1 Å². The lowest BCUT2D eigenvalue weighted by Crippen LogP contribution is -2.30. The molecule has 33 heavy (non-hydrogen) atoms. The van der Waals surface area contributed by atoms with E-state index in [-0.39, 0.29) is 11.8 Å². The molecular formula is C23H19F3N6O. The van der Waals surface area contributed by atoms with Crippen molar-refractivity contribution in [3.05, 3.63) is 48.7 Å². The zero-order chi connectivity index (χ0) is 22.7. The smallest absolute Gasteiger partial charge is 0.344 e. The van der Waals surface area contributed by atoms with Crippen molar-refractivity contribution in [2.75, 3.05) is 13.1 Å². The third-order valence-electron chi connectivity index (χ3n) is 6.15. The Morgan fingerprint density at radius 2 is 2.06 bits per heavy atom. The molecule has 168 valence electrons. The molecule has 0 atom stereocenters. The molecule has 10 heteroatoms. The fourth-order valence-electron chi connectivity index (χ4n) is 4.31. The Bertz CT molecular complexity index is 1430. The minimum atomic E-state index is -4.34. The summed E-state index contributed by atoms with van der Waals surface area (Å²) in [5.41, 5.74) is 5.20. The molecule has 2 aliphatic rings. The zero-order valence-corrected chi connectivity index (χ0v) is 17.4. The molecule has 0 bridgehead atoms. The summed E-state index contributed by atoms with van der Waals surface area (Å²) < 4.78 is 39.9. The summed E-state index contributed by atoms with van der Waals surface area (Å²) in [4.78, 5) is 30.7. The lowest BCUT2D eigenvalue weighted by atomic mass is 10.1. The highest BCUT2D eigenvalue weighted by molar-refractivity contribution is 5.94. The van der Waals surface area contributed by atoms with Crippen molar-refractivity contribution < 1.29 is 18.0 Å². The number of halogens is 3. The van der Waals surface area contributed by atoms with Gasteiger partial charge in [-0.3, -0.25) is 4.79 Å². The molecule has 1 saturated carbocycles. The molecule has 4 heterocycles. The molecule has 0 saturated heterocycles. The molecule has 7 nitrogen and oxygen atoms in total. The van der Waals surface area contributed by atoms with Crippen LogP contribution in [0.5, 0.6) is 0 Å². The molecule has 0 unspecified atom stereocenters. The number of benzene rings is 1. The maximum absolute atomic E-state index is 12.9. The van der Waals surface area contributed by atoms with E-state index in [4.69, 9.17) is 4.98 Å². The highest BCUT2D eigenvalue weighted by atomic mass is 19.4. The number of nitrogens with one attached hydrogen (secondary N) is 1. The number of amides is 1. The maximum atomic E-state index is 12.9. The predicted molar refractivity (Wildman–Crippen MR) is 116 cm³/mol. The highest BCUT2D eigenvalue weighted by Crippen LogP contribution is 2.34. The lowest BCUT2D eigenvalue weighted by molar-refractivity contribution is -0.140. The second kappa shape index (κ2) is 7.16. The minimum absolute atomic E-state index is 0.170. The topological polar surface area (TPSA) is 79.7 Å². The number of fused-ring (bicyclic) bond motifs is 2. The Morgan fingerprint density at radius 1 is 1.21 bits per heavy atom. The first-order valence-electron chi connectivity index (χ1n) is 10.7. The van der Waals surface area contributed by atoms with Crippen molar-refractivity contribution in [3.8, 4) is 11.1 Å². The number of rotatable bonds is 4. The summed E-state index contributed by atoms with van der Waals surface area (Å²) in [6.45, 7) is -0.0167. The van der Waals surface area contributed by atoms with Gasteiger partial charge in [0.15, 0.2) is 5.65 Å². The Balaban J connectivity index is 1.35. The molecule has 0 spiro atoms. The van der Waals surface area contributed by atoms with Crippen LogP contribution in [0.2, 0.25) is 0 Å². The van der Waals surface area contributed by atoms with Gasteiger partial charge < -0.3 is 14.5 Å². The molecule has 1 aliphatic heterocycles. The first-order chi connectivity index (χ1) is 15.9. The van der Waals surface area contributed by atoms with Crippen molar-refractivity contribution in [3.63, 3.8) is 0 Å². The van der Waals surface area contributed by atoms with Gasteiger partial charge in [-0.1, -0.05) is 12.1 Å². The normalized spacial score (nSPS) is 16.7. The molecular weight excluding hydrogens is 433 g/mol. The summed E-state index contributed by atoms with van der Waals surface area (Å²) in [5.74, 6) is 0.365. The van der Waals surface area contributed by atoms with Crippen molar-refractivity contribution in [1.29, 1.82) is 0 Å². The number of hydrogen-bond donors (Lipinski definition) is 1. The van der Waals surface area contributed by atoms with E-state index in [1.54, 1.807) is 24.5 Å².